The Labute approximate surface area is 62.2 Å². The van der Waals surface area contributed by atoms with Crippen molar-refractivity contribution >= 4 is 11.6 Å². The molecule has 0 aromatic rings. The predicted molar refractivity (Wildman–Crippen MR) is 42.1 cm³/mol. The Morgan fingerprint density at radius 2 is 2.00 bits per heavy atom. The van der Waals surface area contributed by atoms with E-state index in [1.807, 2.05) is 0 Å². The molecular formula is C6H15ClN2. The van der Waals surface area contributed by atoms with E-state index in [2.05, 4.69) is 24.3 Å². The SMILES string of the molecule is CN(C)CCNCCCl. The van der Waals surface area contributed by atoms with Crippen LogP contribution in [0.25, 0.3) is 0 Å². The Morgan fingerprint density at radius 1 is 1.33 bits per heavy atom. The molecule has 2 nitrogen and oxygen atoms in total. The third-order valence-corrected chi connectivity index (χ3v) is 1.20. The van der Waals surface area contributed by atoms with Crippen molar-refractivity contribution in [2.75, 3.05) is 39.6 Å². The molecule has 9 heavy (non-hydrogen) atoms. The van der Waals surface area contributed by atoms with Gasteiger partial charge in [-0.15, -0.1) is 11.6 Å². The van der Waals surface area contributed by atoms with Crippen molar-refractivity contribution in [3.63, 3.8) is 0 Å². The summed E-state index contributed by atoms with van der Waals surface area (Å²) >= 11 is 5.44. The molecule has 0 atom stereocenters. The van der Waals surface area contributed by atoms with Crippen LogP contribution in [0.3, 0.4) is 0 Å². The molecule has 0 unspecified atom stereocenters. The van der Waals surface area contributed by atoms with Gasteiger partial charge in [0.25, 0.3) is 0 Å². The van der Waals surface area contributed by atoms with Gasteiger partial charge in [-0.25, -0.2) is 0 Å². The molecule has 0 spiro atoms. The van der Waals surface area contributed by atoms with E-state index < -0.39 is 0 Å². The molecule has 0 aromatic carbocycles. The Bertz CT molecular complexity index is 57.0. The third-order valence-electron chi connectivity index (χ3n) is 1.01. The molecule has 0 amide bonds. The van der Waals surface area contributed by atoms with Gasteiger partial charge in [0.15, 0.2) is 0 Å². The van der Waals surface area contributed by atoms with Gasteiger partial charge in [-0.3, -0.25) is 0 Å². The van der Waals surface area contributed by atoms with E-state index in [-0.39, 0.29) is 0 Å². The fourth-order valence-electron chi connectivity index (χ4n) is 0.494. The monoisotopic (exact) mass is 150 g/mol. The first-order valence-electron chi connectivity index (χ1n) is 3.19. The average Bonchev–Trinajstić information content (AvgIpc) is 1.80. The van der Waals surface area contributed by atoms with Gasteiger partial charge in [0.2, 0.25) is 0 Å². The third kappa shape index (κ3) is 8.21. The summed E-state index contributed by atoms with van der Waals surface area (Å²) in [6.07, 6.45) is 0. The minimum Gasteiger partial charge on any atom is -0.314 e. The minimum atomic E-state index is 0.702. The van der Waals surface area contributed by atoms with Crippen LogP contribution < -0.4 is 5.32 Å². The number of hydrogen-bond acceptors (Lipinski definition) is 2. The van der Waals surface area contributed by atoms with Crippen LogP contribution in [-0.4, -0.2) is 44.5 Å². The molecule has 0 aromatic heterocycles. The topological polar surface area (TPSA) is 15.3 Å². The fourth-order valence-corrected chi connectivity index (χ4v) is 0.628. The molecule has 0 aliphatic heterocycles. The molecule has 3 heteroatoms. The van der Waals surface area contributed by atoms with Crippen LogP contribution in [0.5, 0.6) is 0 Å². The number of hydrogen-bond donors (Lipinski definition) is 1. The van der Waals surface area contributed by atoms with E-state index >= 15 is 0 Å². The van der Waals surface area contributed by atoms with Gasteiger partial charge in [-0.2, -0.15) is 0 Å². The van der Waals surface area contributed by atoms with E-state index in [0.717, 1.165) is 19.6 Å². The summed E-state index contributed by atoms with van der Waals surface area (Å²) in [5.41, 5.74) is 0. The summed E-state index contributed by atoms with van der Waals surface area (Å²) in [6.45, 7) is 3.02. The van der Waals surface area contributed by atoms with Crippen LogP contribution in [0.15, 0.2) is 0 Å². The average molecular weight is 151 g/mol. The molecule has 1 N–H and O–H groups in total. The fraction of sp³-hybridized carbons (Fsp3) is 1.00. The van der Waals surface area contributed by atoms with E-state index in [9.17, 15) is 0 Å². The second-order valence-corrected chi connectivity index (χ2v) is 2.62. The number of likely N-dealkylation sites (N-methyl/N-ethyl adjacent to an activating group) is 1. The van der Waals surface area contributed by atoms with Gasteiger partial charge in [0.1, 0.15) is 0 Å². The molecule has 0 aliphatic rings. The van der Waals surface area contributed by atoms with Crippen molar-refractivity contribution in [1.82, 2.24) is 10.2 Å². The lowest BCUT2D eigenvalue weighted by molar-refractivity contribution is 0.403. The number of rotatable bonds is 5. The highest BCUT2D eigenvalue weighted by Crippen LogP contribution is 1.72. The largest absolute Gasteiger partial charge is 0.314 e. The number of halogens is 1. The van der Waals surface area contributed by atoms with Crippen LogP contribution in [-0.2, 0) is 0 Å². The molecule has 0 radical (unpaired) electrons. The zero-order chi connectivity index (χ0) is 7.11. The van der Waals surface area contributed by atoms with Crippen molar-refractivity contribution in [3.8, 4) is 0 Å². The van der Waals surface area contributed by atoms with Crippen molar-refractivity contribution in [2.45, 2.75) is 0 Å². The highest BCUT2D eigenvalue weighted by Gasteiger charge is 1.87. The second kappa shape index (κ2) is 6.33. The standard InChI is InChI=1S/C6H15ClN2/c1-9(2)6-5-8-4-3-7/h8H,3-6H2,1-2H3. The summed E-state index contributed by atoms with van der Waals surface area (Å²) in [5, 5.41) is 3.19. The van der Waals surface area contributed by atoms with Crippen LogP contribution >= 0.6 is 11.6 Å². The molecule has 0 heterocycles. The lowest BCUT2D eigenvalue weighted by atomic mass is 10.5. The maximum Gasteiger partial charge on any atom is 0.0348 e. The molecule has 0 rings (SSSR count). The van der Waals surface area contributed by atoms with Crippen LogP contribution in [0.2, 0.25) is 0 Å². The van der Waals surface area contributed by atoms with Crippen LogP contribution in [0, 0.1) is 0 Å². The summed E-state index contributed by atoms with van der Waals surface area (Å²) in [7, 11) is 4.12. The summed E-state index contributed by atoms with van der Waals surface area (Å²) in [6, 6.07) is 0. The normalized spacial score (nSPS) is 10.7. The van der Waals surface area contributed by atoms with Crippen molar-refractivity contribution < 1.29 is 0 Å². The van der Waals surface area contributed by atoms with E-state index in [1.54, 1.807) is 0 Å². The van der Waals surface area contributed by atoms with E-state index in [0.29, 0.717) is 5.88 Å². The number of nitrogens with one attached hydrogen (secondary N) is 1. The quantitative estimate of drug-likeness (QED) is 0.450. The summed E-state index contributed by atoms with van der Waals surface area (Å²) < 4.78 is 0. The summed E-state index contributed by atoms with van der Waals surface area (Å²) in [4.78, 5) is 2.14. The maximum absolute atomic E-state index is 5.44. The zero-order valence-corrected chi connectivity index (χ0v) is 6.91. The van der Waals surface area contributed by atoms with Gasteiger partial charge in [0, 0.05) is 25.5 Å². The van der Waals surface area contributed by atoms with Gasteiger partial charge in [-0.05, 0) is 14.1 Å². The lowest BCUT2D eigenvalue weighted by Gasteiger charge is -2.08. The molecule has 0 aliphatic carbocycles. The zero-order valence-electron chi connectivity index (χ0n) is 6.15. The molecule has 0 saturated carbocycles. The molecular weight excluding hydrogens is 136 g/mol. The second-order valence-electron chi connectivity index (χ2n) is 2.24. The predicted octanol–water partition coefficient (Wildman–Crippen LogP) is 0.376. The highest BCUT2D eigenvalue weighted by atomic mass is 35.5. The molecule has 0 saturated heterocycles. The minimum absolute atomic E-state index is 0.702. The van der Waals surface area contributed by atoms with Crippen molar-refractivity contribution in [1.29, 1.82) is 0 Å². The Morgan fingerprint density at radius 3 is 2.44 bits per heavy atom. The van der Waals surface area contributed by atoms with Crippen LogP contribution in [0.1, 0.15) is 0 Å². The Balaban J connectivity index is 2.75. The van der Waals surface area contributed by atoms with Gasteiger partial charge in [-0.1, -0.05) is 0 Å². The smallest absolute Gasteiger partial charge is 0.0348 e. The van der Waals surface area contributed by atoms with Crippen molar-refractivity contribution in [3.05, 3.63) is 0 Å². The first kappa shape index (κ1) is 9.21. The number of alkyl halides is 1. The molecule has 0 bridgehead atoms. The Hall–Kier alpha value is 0.210. The van der Waals surface area contributed by atoms with E-state index in [1.165, 1.54) is 0 Å². The van der Waals surface area contributed by atoms with Gasteiger partial charge < -0.3 is 10.2 Å². The first-order chi connectivity index (χ1) is 4.27. The Kier molecular flexibility index (Phi) is 6.48. The highest BCUT2D eigenvalue weighted by molar-refractivity contribution is 6.18. The lowest BCUT2D eigenvalue weighted by Crippen LogP contribution is -2.27. The van der Waals surface area contributed by atoms with Crippen molar-refractivity contribution in [2.24, 2.45) is 0 Å². The van der Waals surface area contributed by atoms with Gasteiger partial charge >= 0.3 is 0 Å². The van der Waals surface area contributed by atoms with Gasteiger partial charge in [0.05, 0.1) is 0 Å². The maximum atomic E-state index is 5.44. The number of nitrogens with zero attached hydrogens (tertiary/aromatic N) is 1. The first-order valence-corrected chi connectivity index (χ1v) is 3.72. The molecule has 0 fully saturated rings. The summed E-state index contributed by atoms with van der Waals surface area (Å²) in [5.74, 6) is 0.702. The van der Waals surface area contributed by atoms with E-state index in [4.69, 9.17) is 11.6 Å². The van der Waals surface area contributed by atoms with Crippen LogP contribution in [0.4, 0.5) is 0 Å². The molecule has 56 valence electrons.